The largest absolute Gasteiger partial charge is 0.469 e. The van der Waals surface area contributed by atoms with E-state index in [1.807, 2.05) is 36.7 Å². The van der Waals surface area contributed by atoms with Crippen molar-refractivity contribution < 1.29 is 4.42 Å². The fourth-order valence-electron chi connectivity index (χ4n) is 3.41. The summed E-state index contributed by atoms with van der Waals surface area (Å²) in [6.45, 7) is 5.06. The van der Waals surface area contributed by atoms with E-state index in [4.69, 9.17) is 14.4 Å². The Labute approximate surface area is 159 Å². The van der Waals surface area contributed by atoms with E-state index in [1.165, 1.54) is 0 Å². The molecule has 3 heterocycles. The second-order valence-corrected chi connectivity index (χ2v) is 6.69. The summed E-state index contributed by atoms with van der Waals surface area (Å²) >= 11 is 0. The number of hydrogen-bond donors (Lipinski definition) is 1. The number of H-pyrrole nitrogens is 1. The van der Waals surface area contributed by atoms with Gasteiger partial charge in [0.25, 0.3) is 0 Å². The molecule has 5 heteroatoms. The lowest BCUT2D eigenvalue weighted by Gasteiger charge is -2.09. The molecule has 4 rings (SSSR count). The van der Waals surface area contributed by atoms with Gasteiger partial charge in [0.15, 0.2) is 0 Å². The average molecular weight is 360 g/mol. The van der Waals surface area contributed by atoms with E-state index >= 15 is 0 Å². The molecule has 0 bridgehead atoms. The van der Waals surface area contributed by atoms with Crippen molar-refractivity contribution in [3.8, 4) is 22.6 Å². The number of rotatable bonds is 7. The molecule has 5 nitrogen and oxygen atoms in total. The Balaban J connectivity index is 1.70. The third kappa shape index (κ3) is 3.58. The quantitative estimate of drug-likeness (QED) is 0.502. The molecule has 4 aromatic rings. The van der Waals surface area contributed by atoms with Crippen LogP contribution in [0.25, 0.3) is 22.6 Å². The van der Waals surface area contributed by atoms with Gasteiger partial charge in [0.05, 0.1) is 24.0 Å². The van der Waals surface area contributed by atoms with E-state index < -0.39 is 0 Å². The van der Waals surface area contributed by atoms with Crippen molar-refractivity contribution in [1.29, 1.82) is 0 Å². The van der Waals surface area contributed by atoms with Crippen LogP contribution in [0.2, 0.25) is 0 Å². The molecule has 0 aliphatic carbocycles. The van der Waals surface area contributed by atoms with Crippen LogP contribution in [0.5, 0.6) is 0 Å². The van der Waals surface area contributed by atoms with Crippen molar-refractivity contribution in [3.63, 3.8) is 0 Å². The van der Waals surface area contributed by atoms with Crippen molar-refractivity contribution in [2.75, 3.05) is 0 Å². The number of imidazole rings is 2. The summed E-state index contributed by atoms with van der Waals surface area (Å²) in [5.74, 6) is 2.02. The highest BCUT2D eigenvalue weighted by Gasteiger charge is 2.19. The molecule has 0 aliphatic heterocycles. The van der Waals surface area contributed by atoms with E-state index in [0.717, 1.165) is 65.7 Å². The topological polar surface area (TPSA) is 59.6 Å². The molecule has 0 radical (unpaired) electrons. The second kappa shape index (κ2) is 7.66. The van der Waals surface area contributed by atoms with Gasteiger partial charge in [-0.2, -0.15) is 0 Å². The molecule has 0 atom stereocenters. The number of aromatic nitrogens is 4. The van der Waals surface area contributed by atoms with Crippen molar-refractivity contribution in [2.24, 2.45) is 0 Å². The molecule has 0 aliphatic rings. The molecule has 27 heavy (non-hydrogen) atoms. The first kappa shape index (κ1) is 17.3. The molecule has 3 aromatic heterocycles. The summed E-state index contributed by atoms with van der Waals surface area (Å²) in [6, 6.07) is 14.3. The maximum absolute atomic E-state index is 5.46. The number of aryl methyl sites for hydroxylation is 4. The van der Waals surface area contributed by atoms with Gasteiger partial charge in [-0.25, -0.2) is 9.97 Å². The highest BCUT2D eigenvalue weighted by atomic mass is 16.3. The minimum atomic E-state index is 0.865. The smallest absolute Gasteiger partial charge is 0.110 e. The van der Waals surface area contributed by atoms with Crippen molar-refractivity contribution in [1.82, 2.24) is 19.5 Å². The molecule has 0 fully saturated rings. The van der Waals surface area contributed by atoms with Crippen LogP contribution in [0.4, 0.5) is 0 Å². The molecule has 0 saturated carbocycles. The standard InChI is InChI=1S/C22H24N4O/c1-3-19-24-16(2)20(25-19)22-21(17-9-5-4-6-10-17)23-15-26(22)13-7-11-18-12-8-14-27-18/h4-6,8-10,12,14-15H,3,7,11,13H2,1-2H3,(H,24,25). The monoisotopic (exact) mass is 360 g/mol. The molecule has 0 amide bonds. The van der Waals surface area contributed by atoms with Gasteiger partial charge >= 0.3 is 0 Å². The van der Waals surface area contributed by atoms with Gasteiger partial charge in [-0.05, 0) is 25.5 Å². The normalized spacial score (nSPS) is 11.2. The van der Waals surface area contributed by atoms with E-state index in [0.29, 0.717) is 0 Å². The first-order chi connectivity index (χ1) is 13.3. The minimum absolute atomic E-state index is 0.865. The van der Waals surface area contributed by atoms with Gasteiger partial charge in [-0.15, -0.1) is 0 Å². The van der Waals surface area contributed by atoms with Crippen molar-refractivity contribution in [3.05, 3.63) is 72.3 Å². The first-order valence-corrected chi connectivity index (χ1v) is 9.45. The number of nitrogens with zero attached hydrogens (tertiary/aromatic N) is 3. The number of nitrogens with one attached hydrogen (secondary N) is 1. The highest BCUT2D eigenvalue weighted by molar-refractivity contribution is 5.77. The predicted molar refractivity (Wildman–Crippen MR) is 106 cm³/mol. The summed E-state index contributed by atoms with van der Waals surface area (Å²) < 4.78 is 7.67. The maximum Gasteiger partial charge on any atom is 0.110 e. The average Bonchev–Trinajstić information content (AvgIpc) is 3.42. The fourth-order valence-corrected chi connectivity index (χ4v) is 3.41. The van der Waals surface area contributed by atoms with E-state index in [-0.39, 0.29) is 0 Å². The lowest BCUT2D eigenvalue weighted by atomic mass is 10.1. The molecule has 0 unspecified atom stereocenters. The molecule has 1 N–H and O–H groups in total. The lowest BCUT2D eigenvalue weighted by Crippen LogP contribution is -2.02. The number of hydrogen-bond acceptors (Lipinski definition) is 3. The van der Waals surface area contributed by atoms with Gasteiger partial charge in [0, 0.05) is 30.6 Å². The zero-order chi connectivity index (χ0) is 18.6. The van der Waals surface area contributed by atoms with Gasteiger partial charge in [-0.1, -0.05) is 37.3 Å². The van der Waals surface area contributed by atoms with Gasteiger partial charge in [-0.3, -0.25) is 0 Å². The Morgan fingerprint density at radius 2 is 1.93 bits per heavy atom. The number of furan rings is 1. The Hall–Kier alpha value is -3.08. The minimum Gasteiger partial charge on any atom is -0.469 e. The lowest BCUT2D eigenvalue weighted by molar-refractivity contribution is 0.491. The van der Waals surface area contributed by atoms with Crippen molar-refractivity contribution >= 4 is 0 Å². The van der Waals surface area contributed by atoms with Crippen LogP contribution in [0.15, 0.2) is 59.5 Å². The van der Waals surface area contributed by atoms with E-state index in [9.17, 15) is 0 Å². The molecule has 1 aromatic carbocycles. The van der Waals surface area contributed by atoms with Gasteiger partial charge < -0.3 is 14.0 Å². The van der Waals surface area contributed by atoms with Crippen LogP contribution in [0.3, 0.4) is 0 Å². The van der Waals surface area contributed by atoms with Gasteiger partial charge in [0.2, 0.25) is 0 Å². The molecule has 0 spiro atoms. The summed E-state index contributed by atoms with van der Waals surface area (Å²) in [6.07, 6.45) is 6.43. The number of benzene rings is 1. The van der Waals surface area contributed by atoms with E-state index in [1.54, 1.807) is 6.26 Å². The van der Waals surface area contributed by atoms with Crippen LogP contribution >= 0.6 is 0 Å². The summed E-state index contributed by atoms with van der Waals surface area (Å²) in [4.78, 5) is 13.0. The molecule has 138 valence electrons. The van der Waals surface area contributed by atoms with Crippen LogP contribution in [0.1, 0.15) is 30.6 Å². The summed E-state index contributed by atoms with van der Waals surface area (Å²) in [5, 5.41) is 0. The summed E-state index contributed by atoms with van der Waals surface area (Å²) in [7, 11) is 0. The van der Waals surface area contributed by atoms with Crippen LogP contribution in [-0.4, -0.2) is 19.5 Å². The Morgan fingerprint density at radius 1 is 1.07 bits per heavy atom. The third-order valence-electron chi connectivity index (χ3n) is 4.78. The molecular formula is C22H24N4O. The number of aromatic amines is 1. The molecular weight excluding hydrogens is 336 g/mol. The maximum atomic E-state index is 5.46. The van der Waals surface area contributed by atoms with Gasteiger partial charge in [0.1, 0.15) is 17.3 Å². The van der Waals surface area contributed by atoms with Crippen LogP contribution in [0, 0.1) is 6.92 Å². The first-order valence-electron chi connectivity index (χ1n) is 9.45. The van der Waals surface area contributed by atoms with Crippen LogP contribution < -0.4 is 0 Å². The Kier molecular flexibility index (Phi) is 4.92. The Bertz CT molecular complexity index is 997. The van der Waals surface area contributed by atoms with E-state index in [2.05, 4.69) is 35.5 Å². The van der Waals surface area contributed by atoms with Crippen LogP contribution in [-0.2, 0) is 19.4 Å². The third-order valence-corrected chi connectivity index (χ3v) is 4.78. The fraction of sp³-hybridized carbons (Fsp3) is 0.273. The van der Waals surface area contributed by atoms with Crippen molar-refractivity contribution in [2.45, 2.75) is 39.7 Å². The summed E-state index contributed by atoms with van der Waals surface area (Å²) in [5.41, 5.74) is 5.23. The molecule has 0 saturated heterocycles. The highest BCUT2D eigenvalue weighted by Crippen LogP contribution is 2.32. The zero-order valence-electron chi connectivity index (χ0n) is 15.8. The SMILES string of the molecule is CCc1nc(-c2c(-c3ccccc3)ncn2CCCc2ccco2)c(C)[nH]1. The zero-order valence-corrected chi connectivity index (χ0v) is 15.8. The predicted octanol–water partition coefficient (Wildman–Crippen LogP) is 5.04. The second-order valence-electron chi connectivity index (χ2n) is 6.69. The Morgan fingerprint density at radius 3 is 2.63 bits per heavy atom.